The number of amides is 3. The van der Waals surface area contributed by atoms with Crippen molar-refractivity contribution >= 4 is 17.7 Å². The van der Waals surface area contributed by atoms with Gasteiger partial charge in [-0.05, 0) is 61.1 Å². The van der Waals surface area contributed by atoms with Gasteiger partial charge in [-0.25, -0.2) is 0 Å². The summed E-state index contributed by atoms with van der Waals surface area (Å²) in [6, 6.07) is 9.55. The molecule has 2 aromatic carbocycles. The molecule has 4 bridgehead atoms. The molecule has 0 spiro atoms. The highest BCUT2D eigenvalue weighted by atomic mass is 16.5. The molecule has 1 aliphatic carbocycles. The fourth-order valence-electron chi connectivity index (χ4n) is 6.23. The van der Waals surface area contributed by atoms with E-state index < -0.39 is 0 Å². The van der Waals surface area contributed by atoms with E-state index in [-0.39, 0.29) is 56.2 Å². The Morgan fingerprint density at radius 2 is 1.88 bits per heavy atom. The highest BCUT2D eigenvalue weighted by Crippen LogP contribution is 2.42. The van der Waals surface area contributed by atoms with E-state index in [2.05, 4.69) is 20.8 Å². The van der Waals surface area contributed by atoms with Gasteiger partial charge in [-0.15, -0.1) is 0 Å². The van der Waals surface area contributed by atoms with Crippen molar-refractivity contribution in [3.05, 3.63) is 58.4 Å². The molecule has 3 amide bonds. The van der Waals surface area contributed by atoms with E-state index in [9.17, 15) is 14.4 Å². The zero-order valence-electron chi connectivity index (χ0n) is 24.6. The van der Waals surface area contributed by atoms with Crippen molar-refractivity contribution in [3.8, 4) is 28.4 Å². The van der Waals surface area contributed by atoms with Gasteiger partial charge in [-0.1, -0.05) is 6.07 Å². The van der Waals surface area contributed by atoms with Crippen LogP contribution in [0.2, 0.25) is 0 Å². The second kappa shape index (κ2) is 12.4. The quantitative estimate of drug-likeness (QED) is 0.429. The van der Waals surface area contributed by atoms with E-state index in [0.717, 1.165) is 58.5 Å². The lowest BCUT2D eigenvalue weighted by molar-refractivity contribution is -0.123. The first-order chi connectivity index (χ1) is 20.9. The maximum atomic E-state index is 13.6. The standard InChI is InChI=1S/C32H37N5O6/c1-41-27-17-19-6-9-28(38)33-12-14-37(32(40)30-21-4-3-5-25(21)35-36-30)13-10-29(39)34-24-11-15-43-26-8-7-20(18-23(24)26)22(16-19)31(27)42-2/h7-8,16-18,24H,3-6,9-15H2,1-2H3,(H,33,38)(H,34,39)(H,35,36). The fourth-order valence-corrected chi connectivity index (χ4v) is 6.23. The van der Waals surface area contributed by atoms with Crippen LogP contribution in [0.15, 0.2) is 30.3 Å². The van der Waals surface area contributed by atoms with E-state index >= 15 is 0 Å². The zero-order chi connectivity index (χ0) is 29.9. The number of ether oxygens (including phenoxy) is 3. The van der Waals surface area contributed by atoms with Gasteiger partial charge in [-0.2, -0.15) is 5.10 Å². The minimum Gasteiger partial charge on any atom is -0.493 e. The molecule has 0 radical (unpaired) electrons. The molecule has 1 atom stereocenters. The topological polar surface area (TPSA) is 135 Å². The van der Waals surface area contributed by atoms with Crippen molar-refractivity contribution in [1.82, 2.24) is 25.7 Å². The first kappa shape index (κ1) is 28.6. The number of carbonyl (C=O) groups excluding carboxylic acids is 3. The number of aromatic nitrogens is 2. The number of carbonyl (C=O) groups is 3. The van der Waals surface area contributed by atoms with Crippen LogP contribution in [0.3, 0.4) is 0 Å². The van der Waals surface area contributed by atoms with Gasteiger partial charge in [0.2, 0.25) is 11.8 Å². The summed E-state index contributed by atoms with van der Waals surface area (Å²) in [4.78, 5) is 41.3. The third-order valence-electron chi connectivity index (χ3n) is 8.48. The molecule has 1 aromatic heterocycles. The molecule has 3 aliphatic rings. The van der Waals surface area contributed by atoms with Crippen LogP contribution in [0.5, 0.6) is 17.2 Å². The number of aryl methyl sites for hydroxylation is 2. The van der Waals surface area contributed by atoms with E-state index in [1.54, 1.807) is 19.1 Å². The van der Waals surface area contributed by atoms with Crippen molar-refractivity contribution in [2.24, 2.45) is 0 Å². The summed E-state index contributed by atoms with van der Waals surface area (Å²) in [5.41, 5.74) is 5.89. The summed E-state index contributed by atoms with van der Waals surface area (Å²) < 4.78 is 17.3. The molecule has 3 N–H and O–H groups in total. The Morgan fingerprint density at radius 3 is 2.72 bits per heavy atom. The van der Waals surface area contributed by atoms with Gasteiger partial charge in [0.1, 0.15) is 5.75 Å². The number of fused-ring (bicyclic) bond motifs is 5. The van der Waals surface area contributed by atoms with Crippen LogP contribution in [0.4, 0.5) is 0 Å². The third-order valence-corrected chi connectivity index (χ3v) is 8.48. The fraction of sp³-hybridized carbons (Fsp3) is 0.438. The number of hydrogen-bond acceptors (Lipinski definition) is 7. The molecule has 11 nitrogen and oxygen atoms in total. The van der Waals surface area contributed by atoms with Gasteiger partial charge < -0.3 is 29.7 Å². The van der Waals surface area contributed by atoms with Crippen LogP contribution in [0.1, 0.15) is 64.6 Å². The molecule has 1 unspecified atom stereocenters. The second-order valence-corrected chi connectivity index (χ2v) is 11.2. The summed E-state index contributed by atoms with van der Waals surface area (Å²) in [5, 5.41) is 13.4. The van der Waals surface area contributed by atoms with Gasteiger partial charge in [0.15, 0.2) is 17.2 Å². The Kier molecular flexibility index (Phi) is 8.22. The van der Waals surface area contributed by atoms with Crippen molar-refractivity contribution in [1.29, 1.82) is 0 Å². The molecule has 43 heavy (non-hydrogen) atoms. The van der Waals surface area contributed by atoms with Crippen LogP contribution in [-0.4, -0.2) is 73.3 Å². The summed E-state index contributed by atoms with van der Waals surface area (Å²) >= 11 is 0. The van der Waals surface area contributed by atoms with Crippen LogP contribution in [0, 0.1) is 0 Å². The molecule has 11 heteroatoms. The Hall–Kier alpha value is -4.54. The van der Waals surface area contributed by atoms with Crippen LogP contribution < -0.4 is 24.8 Å². The average molecular weight is 588 g/mol. The molecule has 0 saturated carbocycles. The number of H-pyrrole nitrogens is 1. The number of hydrogen-bond donors (Lipinski definition) is 3. The number of benzene rings is 2. The molecular formula is C32H37N5O6. The Balaban J connectivity index is 1.32. The molecule has 2 aliphatic heterocycles. The van der Waals surface area contributed by atoms with Gasteiger partial charge >= 0.3 is 0 Å². The molecule has 0 fully saturated rings. The number of nitrogens with zero attached hydrogens (tertiary/aromatic N) is 2. The Bertz CT molecular complexity index is 1550. The lowest BCUT2D eigenvalue weighted by atomic mass is 9.93. The van der Waals surface area contributed by atoms with Gasteiger partial charge in [0.25, 0.3) is 5.91 Å². The third kappa shape index (κ3) is 5.89. The number of rotatable bonds is 3. The van der Waals surface area contributed by atoms with Crippen molar-refractivity contribution in [2.45, 2.75) is 51.0 Å². The minimum atomic E-state index is -0.246. The number of methoxy groups -OCH3 is 2. The monoisotopic (exact) mass is 587 g/mol. The summed E-state index contributed by atoms with van der Waals surface area (Å²) in [6.45, 7) is 1.23. The van der Waals surface area contributed by atoms with Crippen LogP contribution in [-0.2, 0) is 28.9 Å². The summed E-state index contributed by atoms with van der Waals surface area (Å²) in [5.74, 6) is 1.36. The molecular weight excluding hydrogens is 550 g/mol. The largest absolute Gasteiger partial charge is 0.493 e. The maximum absolute atomic E-state index is 13.6. The van der Waals surface area contributed by atoms with Crippen molar-refractivity contribution in [3.63, 3.8) is 0 Å². The summed E-state index contributed by atoms with van der Waals surface area (Å²) in [7, 11) is 3.19. The lowest BCUT2D eigenvalue weighted by Crippen LogP contribution is -2.41. The maximum Gasteiger partial charge on any atom is 0.274 e. The Labute approximate surface area is 250 Å². The predicted octanol–water partition coefficient (Wildman–Crippen LogP) is 3.12. The smallest absolute Gasteiger partial charge is 0.274 e. The van der Waals surface area contributed by atoms with Crippen LogP contribution >= 0.6 is 0 Å². The highest BCUT2D eigenvalue weighted by molar-refractivity contribution is 5.94. The predicted molar refractivity (Wildman–Crippen MR) is 158 cm³/mol. The average Bonchev–Trinajstić information content (AvgIpc) is 3.65. The zero-order valence-corrected chi connectivity index (χ0v) is 24.6. The van der Waals surface area contributed by atoms with Crippen molar-refractivity contribution < 1.29 is 28.6 Å². The normalized spacial score (nSPS) is 18.8. The van der Waals surface area contributed by atoms with Gasteiger partial charge in [0, 0.05) is 61.3 Å². The second-order valence-electron chi connectivity index (χ2n) is 11.2. The first-order valence-corrected chi connectivity index (χ1v) is 14.9. The van der Waals surface area contributed by atoms with Crippen molar-refractivity contribution in [2.75, 3.05) is 40.5 Å². The summed E-state index contributed by atoms with van der Waals surface area (Å²) in [6.07, 6.45) is 4.16. The van der Waals surface area contributed by atoms with Gasteiger partial charge in [-0.3, -0.25) is 19.5 Å². The molecule has 0 saturated heterocycles. The molecule has 6 rings (SSSR count). The van der Waals surface area contributed by atoms with E-state index in [4.69, 9.17) is 14.2 Å². The van der Waals surface area contributed by atoms with Crippen LogP contribution in [0.25, 0.3) is 11.1 Å². The minimum absolute atomic E-state index is 0.117. The number of aromatic amines is 1. The lowest BCUT2D eigenvalue weighted by Gasteiger charge is -2.28. The first-order valence-electron chi connectivity index (χ1n) is 14.9. The van der Waals surface area contributed by atoms with Gasteiger partial charge in [0.05, 0.1) is 26.9 Å². The Morgan fingerprint density at radius 1 is 1.00 bits per heavy atom. The van der Waals surface area contributed by atoms with E-state index in [0.29, 0.717) is 36.6 Å². The SMILES string of the molecule is COc1cc2cc(c1OC)-c1ccc3c(c1)C(CCO3)NC(=O)CCN(C(=O)c1n[nH]c3c1CCC3)CCNC(=O)CC2. The highest BCUT2D eigenvalue weighted by Gasteiger charge is 2.29. The molecule has 3 heterocycles. The molecule has 226 valence electrons. The molecule has 3 aromatic rings. The van der Waals surface area contributed by atoms with E-state index in [1.807, 2.05) is 30.3 Å². The number of nitrogens with one attached hydrogen (secondary N) is 3. The van der Waals surface area contributed by atoms with E-state index in [1.165, 1.54) is 0 Å².